The zero-order chi connectivity index (χ0) is 22.5. The molecule has 4 rings (SSSR count). The number of hydrogen-bond acceptors (Lipinski definition) is 5. The molecule has 1 aliphatic carbocycles. The van der Waals surface area contributed by atoms with Gasteiger partial charge in [0, 0.05) is 24.2 Å². The quantitative estimate of drug-likeness (QED) is 0.603. The molecule has 0 radical (unpaired) electrons. The van der Waals surface area contributed by atoms with Gasteiger partial charge in [-0.25, -0.2) is 9.37 Å². The third-order valence-electron chi connectivity index (χ3n) is 6.81. The molecule has 32 heavy (non-hydrogen) atoms. The summed E-state index contributed by atoms with van der Waals surface area (Å²) in [6.07, 6.45) is 6.87. The third-order valence-corrected chi connectivity index (χ3v) is 6.81. The lowest BCUT2D eigenvalue weighted by Gasteiger charge is -2.21. The first-order chi connectivity index (χ1) is 15.5. The summed E-state index contributed by atoms with van der Waals surface area (Å²) in [4.78, 5) is 16.9. The Morgan fingerprint density at radius 1 is 1.19 bits per heavy atom. The molecule has 0 bridgehead atoms. The first kappa shape index (κ1) is 22.7. The molecule has 0 spiro atoms. The molecule has 1 amide bonds. The van der Waals surface area contributed by atoms with Crippen LogP contribution in [-0.4, -0.2) is 37.1 Å². The number of amides is 1. The molecule has 1 aromatic carbocycles. The molecule has 3 atom stereocenters. The fourth-order valence-corrected chi connectivity index (χ4v) is 4.86. The van der Waals surface area contributed by atoms with Gasteiger partial charge in [0.25, 0.3) is 0 Å². The van der Waals surface area contributed by atoms with Crippen molar-refractivity contribution in [2.45, 2.75) is 57.0 Å². The first-order valence-electron chi connectivity index (χ1n) is 11.6. The van der Waals surface area contributed by atoms with Crippen LogP contribution in [0.15, 0.2) is 36.5 Å². The van der Waals surface area contributed by atoms with Gasteiger partial charge >= 0.3 is 0 Å². The van der Waals surface area contributed by atoms with Gasteiger partial charge < -0.3 is 20.7 Å². The summed E-state index contributed by atoms with van der Waals surface area (Å²) in [5.74, 6) is 1.16. The molecule has 6 nitrogen and oxygen atoms in total. The number of benzene rings is 1. The van der Waals surface area contributed by atoms with Crippen LogP contribution in [0.25, 0.3) is 0 Å². The van der Waals surface area contributed by atoms with Crippen LogP contribution in [0.5, 0.6) is 5.75 Å². The number of anilines is 1. The molecule has 2 aromatic rings. The summed E-state index contributed by atoms with van der Waals surface area (Å²) < 4.78 is 18.8. The minimum Gasteiger partial charge on any atom is -0.494 e. The van der Waals surface area contributed by atoms with E-state index in [9.17, 15) is 9.18 Å². The summed E-state index contributed by atoms with van der Waals surface area (Å²) in [5.41, 5.74) is 2.23. The number of halogens is 1. The number of aromatic nitrogens is 1. The Morgan fingerprint density at radius 2 is 2.00 bits per heavy atom. The van der Waals surface area contributed by atoms with Gasteiger partial charge in [0.1, 0.15) is 5.82 Å². The van der Waals surface area contributed by atoms with Crippen molar-refractivity contribution in [2.24, 2.45) is 5.92 Å². The van der Waals surface area contributed by atoms with Gasteiger partial charge in [0.15, 0.2) is 11.6 Å². The zero-order valence-corrected chi connectivity index (χ0v) is 18.9. The second kappa shape index (κ2) is 10.4. The van der Waals surface area contributed by atoms with Gasteiger partial charge in [0.05, 0.1) is 7.11 Å². The van der Waals surface area contributed by atoms with E-state index in [1.165, 1.54) is 18.7 Å². The van der Waals surface area contributed by atoms with Crippen molar-refractivity contribution >= 4 is 11.7 Å². The lowest BCUT2D eigenvalue weighted by atomic mass is 9.97. The van der Waals surface area contributed by atoms with Crippen LogP contribution in [0.3, 0.4) is 0 Å². The molecule has 2 fully saturated rings. The highest BCUT2D eigenvalue weighted by Crippen LogP contribution is 2.35. The SMILES string of the molecule is COc1cc(C(C)NC2CCC(c3ccc(NC(=O)C4CCNCC4)nc3)C2)ccc1F. The number of methoxy groups -OCH3 is 1. The molecule has 2 heterocycles. The molecule has 3 unspecified atom stereocenters. The lowest BCUT2D eigenvalue weighted by molar-refractivity contribution is -0.120. The number of pyridine rings is 1. The summed E-state index contributed by atoms with van der Waals surface area (Å²) in [6.45, 7) is 3.89. The maximum absolute atomic E-state index is 13.7. The second-order valence-electron chi connectivity index (χ2n) is 8.98. The molecule has 1 saturated carbocycles. The number of rotatable bonds is 7. The van der Waals surface area contributed by atoms with Crippen molar-refractivity contribution in [1.82, 2.24) is 15.6 Å². The van der Waals surface area contributed by atoms with E-state index in [0.717, 1.165) is 50.8 Å². The number of carbonyl (C=O) groups excluding carboxylic acids is 1. The number of nitrogens with one attached hydrogen (secondary N) is 3. The van der Waals surface area contributed by atoms with E-state index in [2.05, 4.69) is 33.9 Å². The smallest absolute Gasteiger partial charge is 0.228 e. The van der Waals surface area contributed by atoms with Crippen LogP contribution >= 0.6 is 0 Å². The molecule has 2 aliphatic rings. The Labute approximate surface area is 189 Å². The van der Waals surface area contributed by atoms with Crippen molar-refractivity contribution in [3.63, 3.8) is 0 Å². The summed E-state index contributed by atoms with van der Waals surface area (Å²) in [6, 6.07) is 9.54. The second-order valence-corrected chi connectivity index (χ2v) is 8.98. The molecule has 172 valence electrons. The fourth-order valence-electron chi connectivity index (χ4n) is 4.86. The number of carbonyl (C=O) groups is 1. The summed E-state index contributed by atoms with van der Waals surface area (Å²) >= 11 is 0. The summed E-state index contributed by atoms with van der Waals surface area (Å²) in [7, 11) is 1.49. The first-order valence-corrected chi connectivity index (χ1v) is 11.6. The van der Waals surface area contributed by atoms with Crippen LogP contribution in [0, 0.1) is 11.7 Å². The van der Waals surface area contributed by atoms with Crippen LogP contribution in [0.2, 0.25) is 0 Å². The average molecular weight is 441 g/mol. The normalized spacial score (nSPS) is 22.5. The van der Waals surface area contributed by atoms with Gasteiger partial charge in [-0.05, 0) is 87.4 Å². The van der Waals surface area contributed by atoms with E-state index in [0.29, 0.717) is 17.8 Å². The molecular formula is C25H33FN4O2. The molecular weight excluding hydrogens is 407 g/mol. The Morgan fingerprint density at radius 3 is 2.72 bits per heavy atom. The monoisotopic (exact) mass is 440 g/mol. The minimum atomic E-state index is -0.340. The van der Waals surface area contributed by atoms with E-state index >= 15 is 0 Å². The van der Waals surface area contributed by atoms with Gasteiger partial charge in [-0.2, -0.15) is 0 Å². The van der Waals surface area contributed by atoms with E-state index in [1.807, 2.05) is 18.3 Å². The highest BCUT2D eigenvalue weighted by molar-refractivity contribution is 5.91. The van der Waals surface area contributed by atoms with Gasteiger partial charge in [-0.3, -0.25) is 4.79 Å². The standard InChI is InChI=1S/C25H33FN4O2/c1-16(18-4-7-22(26)23(14-18)32-2)29-21-6-3-19(13-21)20-5-8-24(28-15-20)30-25(31)17-9-11-27-12-10-17/h4-5,7-8,14-17,19,21,27,29H,3,6,9-13H2,1-2H3,(H,28,30,31). The van der Waals surface area contributed by atoms with Gasteiger partial charge in [0.2, 0.25) is 5.91 Å². The number of ether oxygens (including phenoxy) is 1. The Hall–Kier alpha value is -2.51. The van der Waals surface area contributed by atoms with Crippen LogP contribution < -0.4 is 20.7 Å². The van der Waals surface area contributed by atoms with Crippen molar-refractivity contribution < 1.29 is 13.9 Å². The third kappa shape index (κ3) is 5.45. The fraction of sp³-hybridized carbons (Fsp3) is 0.520. The number of piperidine rings is 1. The summed E-state index contributed by atoms with van der Waals surface area (Å²) in [5, 5.41) is 9.93. The number of nitrogens with zero attached hydrogens (tertiary/aromatic N) is 1. The molecule has 3 N–H and O–H groups in total. The van der Waals surface area contributed by atoms with Gasteiger partial charge in [-0.15, -0.1) is 0 Å². The van der Waals surface area contributed by atoms with Crippen LogP contribution in [-0.2, 0) is 4.79 Å². The number of hydrogen-bond donors (Lipinski definition) is 3. The van der Waals surface area contributed by atoms with Crippen molar-refractivity contribution in [2.75, 3.05) is 25.5 Å². The van der Waals surface area contributed by atoms with Crippen LogP contribution in [0.1, 0.15) is 62.1 Å². The maximum atomic E-state index is 13.7. The largest absolute Gasteiger partial charge is 0.494 e. The average Bonchev–Trinajstić information content (AvgIpc) is 3.28. The van der Waals surface area contributed by atoms with Crippen molar-refractivity contribution in [3.8, 4) is 5.75 Å². The predicted molar refractivity (Wildman–Crippen MR) is 123 cm³/mol. The molecule has 1 aromatic heterocycles. The highest BCUT2D eigenvalue weighted by Gasteiger charge is 2.27. The highest BCUT2D eigenvalue weighted by atomic mass is 19.1. The van der Waals surface area contributed by atoms with E-state index in [-0.39, 0.29) is 29.4 Å². The van der Waals surface area contributed by atoms with Crippen molar-refractivity contribution in [1.29, 1.82) is 0 Å². The Kier molecular flexibility index (Phi) is 7.37. The van der Waals surface area contributed by atoms with E-state index in [4.69, 9.17) is 4.74 Å². The van der Waals surface area contributed by atoms with Gasteiger partial charge in [-0.1, -0.05) is 12.1 Å². The minimum absolute atomic E-state index is 0.0717. The zero-order valence-electron chi connectivity index (χ0n) is 18.9. The topological polar surface area (TPSA) is 75.3 Å². The predicted octanol–water partition coefficient (Wildman–Crippen LogP) is 4.15. The van der Waals surface area contributed by atoms with Crippen LogP contribution in [0.4, 0.5) is 10.2 Å². The molecule has 1 saturated heterocycles. The Balaban J connectivity index is 1.29. The molecule has 7 heteroatoms. The molecule has 1 aliphatic heterocycles. The maximum Gasteiger partial charge on any atom is 0.228 e. The Bertz CT molecular complexity index is 915. The van der Waals surface area contributed by atoms with Crippen molar-refractivity contribution in [3.05, 3.63) is 53.5 Å². The lowest BCUT2D eigenvalue weighted by Crippen LogP contribution is -2.34. The van der Waals surface area contributed by atoms with E-state index in [1.54, 1.807) is 6.07 Å². The van der Waals surface area contributed by atoms with E-state index < -0.39 is 0 Å².